The molecule has 0 aliphatic heterocycles. The highest BCUT2D eigenvalue weighted by Crippen LogP contribution is 2.21. The van der Waals surface area contributed by atoms with Gasteiger partial charge in [-0.25, -0.2) is 5.10 Å². The summed E-state index contributed by atoms with van der Waals surface area (Å²) in [6, 6.07) is 10.2. The van der Waals surface area contributed by atoms with Crippen molar-refractivity contribution in [2.24, 2.45) is 5.10 Å². The van der Waals surface area contributed by atoms with Crippen LogP contribution < -0.4 is 0 Å². The van der Waals surface area contributed by atoms with Crippen LogP contribution in [0.15, 0.2) is 35.4 Å². The van der Waals surface area contributed by atoms with Crippen molar-refractivity contribution < 1.29 is 4.74 Å². The molecular formula is C19H23N5OS. The van der Waals surface area contributed by atoms with E-state index in [9.17, 15) is 0 Å². The summed E-state index contributed by atoms with van der Waals surface area (Å²) in [4.78, 5) is 0. The van der Waals surface area contributed by atoms with Crippen LogP contribution in [0.3, 0.4) is 0 Å². The molecule has 0 aliphatic rings. The first kappa shape index (κ1) is 18.3. The smallest absolute Gasteiger partial charge is 0.216 e. The molecule has 0 radical (unpaired) electrons. The molecule has 0 fully saturated rings. The monoisotopic (exact) mass is 369 g/mol. The Hall–Kier alpha value is -2.51. The summed E-state index contributed by atoms with van der Waals surface area (Å²) in [5.74, 6) is 0.706. The minimum absolute atomic E-state index is 0.465. The van der Waals surface area contributed by atoms with Crippen LogP contribution in [0.25, 0.3) is 11.4 Å². The van der Waals surface area contributed by atoms with Crippen molar-refractivity contribution in [3.05, 3.63) is 57.6 Å². The van der Waals surface area contributed by atoms with Crippen molar-refractivity contribution in [2.45, 2.75) is 27.3 Å². The number of nitrogens with one attached hydrogen (secondary N) is 1. The normalized spacial score (nSPS) is 11.5. The van der Waals surface area contributed by atoms with Gasteiger partial charge in [-0.05, 0) is 44.6 Å². The number of hydrogen-bond acceptors (Lipinski definition) is 4. The van der Waals surface area contributed by atoms with Crippen LogP contribution in [0.2, 0.25) is 0 Å². The van der Waals surface area contributed by atoms with E-state index in [0.29, 0.717) is 17.2 Å². The van der Waals surface area contributed by atoms with Gasteiger partial charge in [0.2, 0.25) is 4.77 Å². The molecule has 0 amide bonds. The van der Waals surface area contributed by atoms with E-state index in [1.165, 1.54) is 5.69 Å². The van der Waals surface area contributed by atoms with Crippen LogP contribution in [-0.4, -0.2) is 39.4 Å². The van der Waals surface area contributed by atoms with Gasteiger partial charge in [0.25, 0.3) is 0 Å². The van der Waals surface area contributed by atoms with E-state index in [0.717, 1.165) is 28.9 Å². The van der Waals surface area contributed by atoms with Gasteiger partial charge in [-0.1, -0.05) is 24.3 Å². The van der Waals surface area contributed by atoms with E-state index in [1.807, 2.05) is 37.4 Å². The van der Waals surface area contributed by atoms with Crippen molar-refractivity contribution in [2.75, 3.05) is 13.7 Å². The standard InChI is InChI=1S/C19H23N5OS/c1-13-7-5-6-8-17(13)18-21-22-19(26)24(18)20-12-16-11-14(2)23(15(16)3)9-10-25-4/h5-8,11-12H,9-10H2,1-4H3,(H,22,26)/b20-12-. The highest BCUT2D eigenvalue weighted by atomic mass is 32.1. The summed E-state index contributed by atoms with van der Waals surface area (Å²) < 4.78 is 9.55. The van der Waals surface area contributed by atoms with Gasteiger partial charge in [-0.15, -0.1) is 0 Å². The number of rotatable bonds is 6. The molecule has 2 heterocycles. The number of methoxy groups -OCH3 is 1. The van der Waals surface area contributed by atoms with Crippen molar-refractivity contribution in [3.63, 3.8) is 0 Å². The average molecular weight is 369 g/mol. The molecule has 0 unspecified atom stereocenters. The minimum atomic E-state index is 0.465. The molecule has 26 heavy (non-hydrogen) atoms. The Morgan fingerprint density at radius 2 is 2.04 bits per heavy atom. The molecule has 0 saturated heterocycles. The number of hydrogen-bond donors (Lipinski definition) is 1. The zero-order valence-corrected chi connectivity index (χ0v) is 16.3. The highest BCUT2D eigenvalue weighted by molar-refractivity contribution is 7.71. The molecule has 0 bridgehead atoms. The predicted octanol–water partition coefficient (Wildman–Crippen LogP) is 3.86. The maximum atomic E-state index is 5.36. The quantitative estimate of drug-likeness (QED) is 0.530. The first-order valence-corrected chi connectivity index (χ1v) is 8.87. The van der Waals surface area contributed by atoms with Gasteiger partial charge in [-0.2, -0.15) is 14.9 Å². The maximum absolute atomic E-state index is 5.36. The second kappa shape index (κ2) is 7.80. The van der Waals surface area contributed by atoms with E-state index in [-0.39, 0.29) is 0 Å². The number of benzene rings is 1. The lowest BCUT2D eigenvalue weighted by Crippen LogP contribution is -2.07. The molecule has 6 nitrogen and oxygen atoms in total. The summed E-state index contributed by atoms with van der Waals surface area (Å²) in [6.07, 6.45) is 1.83. The molecule has 7 heteroatoms. The highest BCUT2D eigenvalue weighted by Gasteiger charge is 2.11. The van der Waals surface area contributed by atoms with Crippen LogP contribution in [0, 0.1) is 25.5 Å². The average Bonchev–Trinajstić information content (AvgIpc) is 3.11. The fraction of sp³-hybridized carbons (Fsp3) is 0.316. The number of H-pyrrole nitrogens is 1. The SMILES string of the molecule is COCCn1c(C)cc(/C=N\n2c(-c3ccccc3C)n[nH]c2=S)c1C. The van der Waals surface area contributed by atoms with E-state index >= 15 is 0 Å². The molecule has 2 aromatic heterocycles. The predicted molar refractivity (Wildman–Crippen MR) is 106 cm³/mol. The van der Waals surface area contributed by atoms with E-state index < -0.39 is 0 Å². The largest absolute Gasteiger partial charge is 0.383 e. The van der Waals surface area contributed by atoms with Crippen LogP contribution in [0.1, 0.15) is 22.5 Å². The second-order valence-corrected chi connectivity index (χ2v) is 6.58. The molecular weight excluding hydrogens is 346 g/mol. The summed E-state index contributed by atoms with van der Waals surface area (Å²) in [7, 11) is 1.71. The Bertz CT molecular complexity index is 996. The van der Waals surface area contributed by atoms with Crippen molar-refractivity contribution in [1.82, 2.24) is 19.4 Å². The topological polar surface area (TPSA) is 60.1 Å². The lowest BCUT2D eigenvalue weighted by atomic mass is 10.1. The number of ether oxygens (including phenoxy) is 1. The molecule has 0 saturated carbocycles. The number of nitrogens with zero attached hydrogens (tertiary/aromatic N) is 4. The fourth-order valence-corrected chi connectivity index (χ4v) is 3.18. The molecule has 3 rings (SSSR count). The molecule has 3 aromatic rings. The molecule has 0 spiro atoms. The van der Waals surface area contributed by atoms with Gasteiger partial charge >= 0.3 is 0 Å². The molecule has 0 atom stereocenters. The van der Waals surface area contributed by atoms with Gasteiger partial charge in [0.15, 0.2) is 5.82 Å². The summed E-state index contributed by atoms with van der Waals surface area (Å²) >= 11 is 5.36. The third kappa shape index (κ3) is 3.54. The first-order valence-electron chi connectivity index (χ1n) is 8.46. The zero-order chi connectivity index (χ0) is 18.7. The third-order valence-corrected chi connectivity index (χ3v) is 4.74. The first-order chi connectivity index (χ1) is 12.5. The van der Waals surface area contributed by atoms with Crippen LogP contribution in [0.5, 0.6) is 0 Å². The lowest BCUT2D eigenvalue weighted by Gasteiger charge is -2.08. The number of aromatic nitrogens is 4. The van der Waals surface area contributed by atoms with Gasteiger partial charge < -0.3 is 9.30 Å². The van der Waals surface area contributed by atoms with Crippen LogP contribution in [-0.2, 0) is 11.3 Å². The maximum Gasteiger partial charge on any atom is 0.216 e. The van der Waals surface area contributed by atoms with Crippen molar-refractivity contribution in [3.8, 4) is 11.4 Å². The lowest BCUT2D eigenvalue weighted by molar-refractivity contribution is 0.186. The Morgan fingerprint density at radius 3 is 2.77 bits per heavy atom. The van der Waals surface area contributed by atoms with Gasteiger partial charge in [-0.3, -0.25) is 0 Å². The van der Waals surface area contributed by atoms with Gasteiger partial charge in [0.1, 0.15) is 0 Å². The van der Waals surface area contributed by atoms with Gasteiger partial charge in [0, 0.05) is 36.2 Å². The Morgan fingerprint density at radius 1 is 1.27 bits per heavy atom. The van der Waals surface area contributed by atoms with Crippen molar-refractivity contribution >= 4 is 18.4 Å². The van der Waals surface area contributed by atoms with E-state index in [4.69, 9.17) is 17.0 Å². The van der Waals surface area contributed by atoms with Crippen molar-refractivity contribution in [1.29, 1.82) is 0 Å². The zero-order valence-electron chi connectivity index (χ0n) is 15.5. The summed E-state index contributed by atoms with van der Waals surface area (Å²) in [6.45, 7) is 7.71. The third-order valence-electron chi connectivity index (χ3n) is 4.48. The van der Waals surface area contributed by atoms with E-state index in [1.54, 1.807) is 11.8 Å². The Balaban J connectivity index is 1.97. The minimum Gasteiger partial charge on any atom is -0.383 e. The van der Waals surface area contributed by atoms with Crippen LogP contribution in [0.4, 0.5) is 0 Å². The summed E-state index contributed by atoms with van der Waals surface area (Å²) in [5.41, 5.74) is 5.50. The Kier molecular flexibility index (Phi) is 5.49. The second-order valence-electron chi connectivity index (χ2n) is 6.19. The number of aromatic amines is 1. The molecule has 1 N–H and O–H groups in total. The van der Waals surface area contributed by atoms with Gasteiger partial charge in [0.05, 0.1) is 12.8 Å². The number of aryl methyl sites for hydroxylation is 2. The molecule has 136 valence electrons. The Labute approximate surface area is 158 Å². The molecule has 1 aromatic carbocycles. The molecule has 0 aliphatic carbocycles. The fourth-order valence-electron chi connectivity index (χ4n) is 3.00. The van der Waals surface area contributed by atoms with E-state index in [2.05, 4.69) is 39.8 Å². The van der Waals surface area contributed by atoms with Crippen LogP contribution >= 0.6 is 12.2 Å². The summed E-state index contributed by atoms with van der Waals surface area (Å²) in [5, 5.41) is 11.8.